The SMILES string of the molecule is CC(C)(C)[C@H](O)[C@H](N)c1c(Cl)cccc1Cl.Cl. The second kappa shape index (κ2) is 6.26. The van der Waals surface area contributed by atoms with Crippen molar-refractivity contribution in [1.82, 2.24) is 0 Å². The van der Waals surface area contributed by atoms with E-state index in [1.807, 2.05) is 20.8 Å². The van der Waals surface area contributed by atoms with Crippen molar-refractivity contribution in [1.29, 1.82) is 0 Å². The summed E-state index contributed by atoms with van der Waals surface area (Å²) >= 11 is 12.1. The van der Waals surface area contributed by atoms with Crippen LogP contribution in [0.25, 0.3) is 0 Å². The van der Waals surface area contributed by atoms with Gasteiger partial charge in [-0.3, -0.25) is 0 Å². The lowest BCUT2D eigenvalue weighted by atomic mass is 9.82. The standard InChI is InChI=1S/C12H17Cl2NO.ClH/c1-12(2,3)11(16)10(15)9-7(13)5-4-6-8(9)14;/h4-6,10-11,16H,15H2,1-3H3;1H/t10-,11-;/m1./s1. The molecule has 0 heterocycles. The van der Waals surface area contributed by atoms with Crippen molar-refractivity contribution in [3.8, 4) is 0 Å². The van der Waals surface area contributed by atoms with Crippen LogP contribution in [0.5, 0.6) is 0 Å². The molecule has 0 spiro atoms. The van der Waals surface area contributed by atoms with Gasteiger partial charge in [-0.05, 0) is 17.5 Å². The van der Waals surface area contributed by atoms with E-state index in [1.165, 1.54) is 0 Å². The summed E-state index contributed by atoms with van der Waals surface area (Å²) in [5.41, 5.74) is 6.29. The second-order valence-electron chi connectivity index (χ2n) is 4.97. The zero-order valence-corrected chi connectivity index (χ0v) is 12.4. The Labute approximate surface area is 119 Å². The minimum absolute atomic E-state index is 0. The van der Waals surface area contributed by atoms with E-state index in [4.69, 9.17) is 28.9 Å². The van der Waals surface area contributed by atoms with Gasteiger partial charge in [0.05, 0.1) is 12.1 Å². The Morgan fingerprint density at radius 2 is 1.59 bits per heavy atom. The molecular formula is C12H18Cl3NO. The summed E-state index contributed by atoms with van der Waals surface area (Å²) in [6.45, 7) is 5.76. The summed E-state index contributed by atoms with van der Waals surface area (Å²) in [4.78, 5) is 0. The van der Waals surface area contributed by atoms with Crippen molar-refractivity contribution in [2.45, 2.75) is 32.9 Å². The third-order valence-electron chi connectivity index (χ3n) is 2.56. The smallest absolute Gasteiger partial charge is 0.0782 e. The van der Waals surface area contributed by atoms with Crippen LogP contribution in [0.2, 0.25) is 10.0 Å². The molecule has 0 bridgehead atoms. The molecular weight excluding hydrogens is 280 g/mol. The second-order valence-corrected chi connectivity index (χ2v) is 5.79. The average Bonchev–Trinajstić information content (AvgIpc) is 2.14. The maximum Gasteiger partial charge on any atom is 0.0782 e. The fourth-order valence-electron chi connectivity index (χ4n) is 1.53. The van der Waals surface area contributed by atoms with Gasteiger partial charge in [0, 0.05) is 15.6 Å². The fraction of sp³-hybridized carbons (Fsp3) is 0.500. The fourth-order valence-corrected chi connectivity index (χ4v) is 2.18. The molecule has 0 aromatic heterocycles. The van der Waals surface area contributed by atoms with E-state index in [1.54, 1.807) is 18.2 Å². The van der Waals surface area contributed by atoms with E-state index in [-0.39, 0.29) is 17.8 Å². The van der Waals surface area contributed by atoms with Crippen LogP contribution in [0.15, 0.2) is 18.2 Å². The summed E-state index contributed by atoms with van der Waals surface area (Å²) in [5.74, 6) is 0. The molecule has 0 saturated carbocycles. The van der Waals surface area contributed by atoms with Crippen molar-refractivity contribution in [2.75, 3.05) is 0 Å². The van der Waals surface area contributed by atoms with Gasteiger partial charge in [0.1, 0.15) is 0 Å². The van der Waals surface area contributed by atoms with Gasteiger partial charge in [-0.15, -0.1) is 12.4 Å². The summed E-state index contributed by atoms with van der Waals surface area (Å²) in [6, 6.07) is 4.61. The molecule has 98 valence electrons. The molecule has 17 heavy (non-hydrogen) atoms. The molecule has 2 atom stereocenters. The van der Waals surface area contributed by atoms with Crippen molar-refractivity contribution < 1.29 is 5.11 Å². The summed E-state index contributed by atoms with van der Waals surface area (Å²) < 4.78 is 0. The Balaban J connectivity index is 0.00000256. The van der Waals surface area contributed by atoms with Crippen LogP contribution >= 0.6 is 35.6 Å². The molecule has 5 heteroatoms. The first-order valence-corrected chi connectivity index (χ1v) is 5.88. The van der Waals surface area contributed by atoms with Crippen LogP contribution < -0.4 is 5.73 Å². The van der Waals surface area contributed by atoms with E-state index >= 15 is 0 Å². The Bertz CT molecular complexity index is 356. The molecule has 0 radical (unpaired) electrons. The first kappa shape index (κ1) is 17.0. The van der Waals surface area contributed by atoms with Crippen LogP contribution in [0, 0.1) is 5.41 Å². The predicted molar refractivity (Wildman–Crippen MR) is 76.1 cm³/mol. The number of rotatable bonds is 2. The molecule has 0 amide bonds. The lowest BCUT2D eigenvalue weighted by Crippen LogP contribution is -2.37. The zero-order chi connectivity index (χ0) is 12.5. The van der Waals surface area contributed by atoms with E-state index in [0.29, 0.717) is 15.6 Å². The van der Waals surface area contributed by atoms with Crippen molar-refractivity contribution in [3.05, 3.63) is 33.8 Å². The third kappa shape index (κ3) is 4.01. The summed E-state index contributed by atoms with van der Waals surface area (Å²) in [7, 11) is 0. The largest absolute Gasteiger partial charge is 0.391 e. The highest BCUT2D eigenvalue weighted by molar-refractivity contribution is 6.36. The number of aliphatic hydroxyl groups is 1. The molecule has 1 aromatic carbocycles. The first-order chi connectivity index (χ1) is 7.25. The van der Waals surface area contributed by atoms with Crippen LogP contribution in [-0.4, -0.2) is 11.2 Å². The van der Waals surface area contributed by atoms with Crippen LogP contribution in [0.3, 0.4) is 0 Å². The summed E-state index contributed by atoms with van der Waals surface area (Å²) in [6.07, 6.45) is -0.704. The van der Waals surface area contributed by atoms with Gasteiger partial charge >= 0.3 is 0 Å². The van der Waals surface area contributed by atoms with Crippen molar-refractivity contribution in [2.24, 2.45) is 11.1 Å². The molecule has 1 rings (SSSR count). The highest BCUT2D eigenvalue weighted by Gasteiger charge is 2.31. The third-order valence-corrected chi connectivity index (χ3v) is 3.22. The average molecular weight is 299 g/mol. The van der Waals surface area contributed by atoms with Crippen LogP contribution in [0.4, 0.5) is 0 Å². The maximum atomic E-state index is 10.1. The topological polar surface area (TPSA) is 46.2 Å². The number of nitrogens with two attached hydrogens (primary N) is 1. The van der Waals surface area contributed by atoms with Gasteiger partial charge in [-0.1, -0.05) is 50.0 Å². The number of benzene rings is 1. The van der Waals surface area contributed by atoms with Gasteiger partial charge in [-0.25, -0.2) is 0 Å². The minimum atomic E-state index is -0.704. The lowest BCUT2D eigenvalue weighted by molar-refractivity contribution is 0.0401. The number of hydrogen-bond donors (Lipinski definition) is 2. The number of halogens is 3. The first-order valence-electron chi connectivity index (χ1n) is 5.12. The number of hydrogen-bond acceptors (Lipinski definition) is 2. The monoisotopic (exact) mass is 297 g/mol. The van der Waals surface area contributed by atoms with Gasteiger partial charge in [0.15, 0.2) is 0 Å². The highest BCUT2D eigenvalue weighted by Crippen LogP contribution is 2.35. The van der Waals surface area contributed by atoms with Gasteiger partial charge in [-0.2, -0.15) is 0 Å². The number of aliphatic hydroxyl groups excluding tert-OH is 1. The molecule has 0 unspecified atom stereocenters. The Kier molecular flexibility index (Phi) is 6.26. The van der Waals surface area contributed by atoms with Crippen molar-refractivity contribution in [3.63, 3.8) is 0 Å². The summed E-state index contributed by atoms with van der Waals surface area (Å²) in [5, 5.41) is 11.1. The highest BCUT2D eigenvalue weighted by atomic mass is 35.5. The molecule has 0 fully saturated rings. The quantitative estimate of drug-likeness (QED) is 0.872. The predicted octanol–water partition coefficient (Wildman–Crippen LogP) is 3.82. The van der Waals surface area contributed by atoms with Gasteiger partial charge < -0.3 is 10.8 Å². The Morgan fingerprint density at radius 3 is 1.94 bits per heavy atom. The molecule has 0 saturated heterocycles. The normalized spacial score (nSPS) is 15.0. The molecule has 2 nitrogen and oxygen atoms in total. The minimum Gasteiger partial charge on any atom is -0.391 e. The van der Waals surface area contributed by atoms with E-state index in [0.717, 1.165) is 0 Å². The van der Waals surface area contributed by atoms with Crippen LogP contribution in [-0.2, 0) is 0 Å². The molecule has 0 aliphatic heterocycles. The van der Waals surface area contributed by atoms with Gasteiger partial charge in [0.2, 0.25) is 0 Å². The molecule has 1 aromatic rings. The Morgan fingerprint density at radius 1 is 1.18 bits per heavy atom. The molecule has 3 N–H and O–H groups in total. The van der Waals surface area contributed by atoms with Gasteiger partial charge in [0.25, 0.3) is 0 Å². The molecule has 0 aliphatic rings. The van der Waals surface area contributed by atoms with E-state index in [2.05, 4.69) is 0 Å². The van der Waals surface area contributed by atoms with E-state index in [9.17, 15) is 5.11 Å². The zero-order valence-electron chi connectivity index (χ0n) is 10.1. The Hall–Kier alpha value is 0.01000. The maximum absolute atomic E-state index is 10.1. The van der Waals surface area contributed by atoms with Crippen molar-refractivity contribution >= 4 is 35.6 Å². The molecule has 0 aliphatic carbocycles. The van der Waals surface area contributed by atoms with Crippen LogP contribution in [0.1, 0.15) is 32.4 Å². The van der Waals surface area contributed by atoms with E-state index < -0.39 is 12.1 Å². The lowest BCUT2D eigenvalue weighted by Gasteiger charge is -2.31.